The number of halogens is 2. The third-order valence-corrected chi connectivity index (χ3v) is 18.0. The summed E-state index contributed by atoms with van der Waals surface area (Å²) in [6, 6.07) is -0.255. The second kappa shape index (κ2) is 29.3. The Morgan fingerprint density at radius 1 is 0.727 bits per heavy atom. The van der Waals surface area contributed by atoms with E-state index in [2.05, 4.69) is 37.2 Å². The highest BCUT2D eigenvalue weighted by Crippen LogP contribution is 2.50. The fraction of sp³-hybridized carbons (Fsp3) is 0.415. The lowest BCUT2D eigenvalue weighted by atomic mass is 9.86. The molecule has 20 N–H and O–H groups in total. The van der Waals surface area contributed by atoms with Gasteiger partial charge in [0.1, 0.15) is 83.4 Å². The first kappa shape index (κ1) is 72.6. The van der Waals surface area contributed by atoms with Gasteiger partial charge in [-0.15, -0.1) is 0 Å². The number of likely N-dealkylation sites (N-methyl/N-ethyl adjacent to an activating group) is 1. The SMILES string of the molecule is CN[C@H](CC(C)C)C(=O)NC1C(=O)N[C@@H](CC(N)=O)C(=O)N[C@H]2C(=O)NC3C(=O)N[C@H](C(=O)N[C@@H](C(=O)O)c4cc(O)cc(O)c4-c4cc3ccc4O)[C@H](O)c3ccc(c(Cl)c3)Oc3cc2cc(c3O[C@@H]2OC[C@@H](O)C(O)C2O[C@H]2CC(C)(N)[C@H](O)C(C)O2)Oc2ccc(cc2Cl)[C@H]1O. The number of aliphatic hydroxyl groups excluding tert-OH is 5. The van der Waals surface area contributed by atoms with E-state index < -0.39 is 225 Å². The number of rotatable bonds is 12. The van der Waals surface area contributed by atoms with Gasteiger partial charge >= 0.3 is 5.97 Å². The maximum atomic E-state index is 16.0. The smallest absolute Gasteiger partial charge is 0.330 e. The highest BCUT2D eigenvalue weighted by Gasteiger charge is 2.49. The van der Waals surface area contributed by atoms with Crippen molar-refractivity contribution in [1.29, 1.82) is 0 Å². The lowest BCUT2D eigenvalue weighted by Gasteiger charge is -2.45. The number of primary amides is 1. The number of benzene rings is 5. The number of amides is 7. The van der Waals surface area contributed by atoms with Crippen molar-refractivity contribution in [2.75, 3.05) is 13.7 Å². The summed E-state index contributed by atoms with van der Waals surface area (Å²) >= 11 is 14.1. The Balaban J connectivity index is 1.23. The van der Waals surface area contributed by atoms with Crippen LogP contribution < -0.4 is 62.9 Å². The molecule has 7 aliphatic heterocycles. The summed E-state index contributed by atoms with van der Waals surface area (Å²) in [6.45, 7) is 6.06. The van der Waals surface area contributed by atoms with E-state index >= 15 is 14.4 Å². The van der Waals surface area contributed by atoms with Crippen molar-refractivity contribution >= 4 is 70.5 Å². The molecule has 34 heteroatoms. The molecule has 0 saturated carbocycles. The Morgan fingerprint density at radius 3 is 1.93 bits per heavy atom. The van der Waals surface area contributed by atoms with Crippen molar-refractivity contribution in [2.24, 2.45) is 17.4 Å². The second-order valence-corrected chi connectivity index (χ2v) is 26.1. The number of nitrogens with one attached hydrogen (secondary N) is 7. The number of carboxylic acid groups (broad SMARTS) is 1. The molecule has 6 unspecified atom stereocenters. The first-order valence-electron chi connectivity index (χ1n) is 31.0. The Kier molecular flexibility index (Phi) is 21.5. The minimum atomic E-state index is -2.31. The standard InChI is InChI=1S/C65H73Cl2N9O23/c1-23(2)12-34(70-5)57(86)75-49-51(82)26-7-10-39(32(66)14-26)96-41-16-28-17-42(54(41)99-64-55(53(84)38(80)22-94-64)98-44-21-65(4,69)56(85)24(3)95-44)97-40-11-8-27(15-33(40)67)52(83)50-62(91)74-48(63(92)93)31-18-29(77)19-37(79)45(31)30-13-25(6-9-36(30)78)46(59(88)76-50)73-60(89)47(28)72-58(87)35(20-43(68)81)71-61(49)90/h6-11,13-19,23-24,34-35,38,44,46-53,55-56,64,70,77-80,82-85H,12,20-22,69H2,1-5H3,(H2,68,81)(H,71,90)(H,72,87)(H,73,89)(H,74,91)(H,75,86)(H,76,88)(H,92,93)/t24?,34-,35+,38-,44+,46?,47-,48-,49?,50+,51-,52-,53?,55?,56-,64+,65?/m1/s1. The number of aliphatic carboxylic acids is 1. The molecule has 530 valence electrons. The molecule has 0 spiro atoms. The fourth-order valence-electron chi connectivity index (χ4n) is 12.2. The normalized spacial score (nSPS) is 29.0. The number of phenols is 3. The van der Waals surface area contributed by atoms with Gasteiger partial charge in [-0.25, -0.2) is 4.79 Å². The zero-order chi connectivity index (χ0) is 72.0. The van der Waals surface area contributed by atoms with Crippen LogP contribution in [0.5, 0.6) is 46.0 Å². The number of carboxylic acids is 1. The van der Waals surface area contributed by atoms with Crippen LogP contribution in [0.15, 0.2) is 78.9 Å². The molecule has 99 heavy (non-hydrogen) atoms. The maximum absolute atomic E-state index is 16.0. The number of hydrogen-bond donors (Lipinski definition) is 18. The van der Waals surface area contributed by atoms with Crippen LogP contribution in [0.2, 0.25) is 10.0 Å². The lowest BCUT2D eigenvalue weighted by molar-refractivity contribution is -0.318. The molecular weight excluding hydrogens is 1350 g/mol. The van der Waals surface area contributed by atoms with E-state index in [0.29, 0.717) is 0 Å². The number of aliphatic hydroxyl groups is 5. The van der Waals surface area contributed by atoms with Crippen LogP contribution in [-0.4, -0.2) is 180 Å². The van der Waals surface area contributed by atoms with E-state index in [4.69, 9.17) is 63.1 Å². The van der Waals surface area contributed by atoms with Crippen molar-refractivity contribution in [1.82, 2.24) is 37.2 Å². The third kappa shape index (κ3) is 15.5. The Hall–Kier alpha value is -9.16. The Labute approximate surface area is 573 Å². The van der Waals surface area contributed by atoms with Gasteiger partial charge in [0.15, 0.2) is 29.9 Å². The average molecular weight is 1420 g/mol. The predicted octanol–water partition coefficient (Wildman–Crippen LogP) is 0.745. The van der Waals surface area contributed by atoms with Crippen LogP contribution in [0.3, 0.4) is 0 Å². The maximum Gasteiger partial charge on any atom is 0.330 e. The van der Waals surface area contributed by atoms with Crippen LogP contribution in [0.25, 0.3) is 11.1 Å². The summed E-state index contributed by atoms with van der Waals surface area (Å²) in [4.78, 5) is 117. The van der Waals surface area contributed by atoms with Crippen molar-refractivity contribution in [3.05, 3.63) is 117 Å². The molecule has 11 bridgehead atoms. The molecule has 0 aromatic heterocycles. The predicted molar refractivity (Wildman–Crippen MR) is 343 cm³/mol. The summed E-state index contributed by atoms with van der Waals surface area (Å²) in [7, 11) is 1.48. The van der Waals surface area contributed by atoms with E-state index in [9.17, 15) is 69.9 Å². The lowest BCUT2D eigenvalue weighted by Crippen LogP contribution is -2.63. The second-order valence-electron chi connectivity index (χ2n) is 25.3. The number of carbonyl (C=O) groups is 8. The van der Waals surface area contributed by atoms with Gasteiger partial charge < -0.3 is 123 Å². The monoisotopic (exact) mass is 1420 g/mol. The molecule has 7 amide bonds. The highest BCUT2D eigenvalue weighted by atomic mass is 35.5. The van der Waals surface area contributed by atoms with Gasteiger partial charge in [0, 0.05) is 34.7 Å². The van der Waals surface area contributed by atoms with Crippen molar-refractivity contribution in [3.63, 3.8) is 0 Å². The molecule has 12 rings (SSSR count). The van der Waals surface area contributed by atoms with Gasteiger partial charge in [-0.3, -0.25) is 33.6 Å². The fourth-order valence-corrected chi connectivity index (χ4v) is 12.7. The quantitative estimate of drug-likeness (QED) is 0.0819. The molecular formula is C65H73Cl2N9O23. The molecule has 0 aliphatic carbocycles. The summed E-state index contributed by atoms with van der Waals surface area (Å²) in [5.41, 5.74) is 8.18. The summed E-state index contributed by atoms with van der Waals surface area (Å²) in [6.07, 6.45) is -15.8. The largest absolute Gasteiger partial charge is 0.508 e. The summed E-state index contributed by atoms with van der Waals surface area (Å²) < 4.78 is 38.1. The highest BCUT2D eigenvalue weighted by molar-refractivity contribution is 6.32. The summed E-state index contributed by atoms with van der Waals surface area (Å²) in [5.74, 6) is -15.5. The van der Waals surface area contributed by atoms with Gasteiger partial charge in [0.05, 0.1) is 41.3 Å². The molecule has 0 radical (unpaired) electrons. The van der Waals surface area contributed by atoms with Gasteiger partial charge in [0.25, 0.3) is 0 Å². The van der Waals surface area contributed by atoms with Gasteiger partial charge in [-0.1, -0.05) is 55.2 Å². The van der Waals surface area contributed by atoms with Crippen LogP contribution >= 0.6 is 23.2 Å². The van der Waals surface area contributed by atoms with Crippen molar-refractivity contribution in [2.45, 2.75) is 150 Å². The molecule has 2 saturated heterocycles. The number of phenolic OH excluding ortho intramolecular Hbond substituents is 3. The van der Waals surface area contributed by atoms with Gasteiger partial charge in [-0.05, 0) is 110 Å². The van der Waals surface area contributed by atoms with E-state index in [-0.39, 0.29) is 52.0 Å². The third-order valence-electron chi connectivity index (χ3n) is 17.4. The first-order chi connectivity index (χ1) is 46.7. The van der Waals surface area contributed by atoms with E-state index in [1.54, 1.807) is 0 Å². The first-order valence-corrected chi connectivity index (χ1v) is 31.8. The van der Waals surface area contributed by atoms with E-state index in [0.717, 1.165) is 66.7 Å². The van der Waals surface area contributed by atoms with Crippen LogP contribution in [0.4, 0.5) is 0 Å². The average Bonchev–Trinajstić information content (AvgIpc) is 0.773. The van der Waals surface area contributed by atoms with Crippen LogP contribution in [-0.2, 0) is 52.6 Å². The van der Waals surface area contributed by atoms with E-state index in [1.807, 2.05) is 13.8 Å². The van der Waals surface area contributed by atoms with Gasteiger partial charge in [-0.2, -0.15) is 0 Å². The molecule has 5 aromatic carbocycles. The summed E-state index contributed by atoms with van der Waals surface area (Å²) in [5, 5.41) is 119. The molecule has 32 nitrogen and oxygen atoms in total. The number of hydrogen-bond acceptors (Lipinski definition) is 24. The molecule has 7 aliphatic rings. The minimum Gasteiger partial charge on any atom is -0.508 e. The number of carbonyl (C=O) groups excluding carboxylic acids is 7. The molecule has 5 aromatic rings. The molecule has 7 heterocycles. The van der Waals surface area contributed by atoms with Crippen LogP contribution in [0.1, 0.15) is 105 Å². The van der Waals surface area contributed by atoms with Crippen LogP contribution in [0, 0.1) is 5.92 Å². The number of ether oxygens (including phenoxy) is 6. The van der Waals surface area contributed by atoms with Crippen molar-refractivity contribution < 1.29 is 113 Å². The zero-order valence-electron chi connectivity index (χ0n) is 53.3. The van der Waals surface area contributed by atoms with Gasteiger partial charge in [0.2, 0.25) is 53.4 Å². The molecule has 2 fully saturated rings. The number of aromatic hydroxyl groups is 3. The number of fused-ring (bicyclic) bond motifs is 15. The Morgan fingerprint density at radius 2 is 1.33 bits per heavy atom. The molecule has 17 atom stereocenters. The minimum absolute atomic E-state index is 0.0859. The topological polar surface area (TPSA) is 510 Å². The zero-order valence-corrected chi connectivity index (χ0v) is 54.8. The van der Waals surface area contributed by atoms with Crippen molar-refractivity contribution in [3.8, 4) is 57.1 Å². The number of nitrogens with two attached hydrogens (primary N) is 2. The van der Waals surface area contributed by atoms with E-state index in [1.165, 1.54) is 33.0 Å². The Bertz CT molecular complexity index is 4020.